The highest BCUT2D eigenvalue weighted by Gasteiger charge is 2.21. The highest BCUT2D eigenvalue weighted by molar-refractivity contribution is 5.96. The van der Waals surface area contributed by atoms with Crippen LogP contribution in [0, 0.1) is 5.92 Å². The van der Waals surface area contributed by atoms with Gasteiger partial charge in [-0.3, -0.25) is 4.79 Å². The lowest BCUT2D eigenvalue weighted by atomic mass is 9.89. The molecule has 0 radical (unpaired) electrons. The highest BCUT2D eigenvalue weighted by Crippen LogP contribution is 2.21. The predicted octanol–water partition coefficient (Wildman–Crippen LogP) is 4.24. The Morgan fingerprint density at radius 1 is 1.05 bits per heavy atom. The van der Waals surface area contributed by atoms with Crippen molar-refractivity contribution in [3.8, 4) is 0 Å². The van der Waals surface area contributed by atoms with Gasteiger partial charge in [0.2, 0.25) is 0 Å². The number of ketones is 1. The van der Waals surface area contributed by atoms with Crippen LogP contribution in [0.1, 0.15) is 57.8 Å². The molecule has 1 fully saturated rings. The summed E-state index contributed by atoms with van der Waals surface area (Å²) in [5.41, 5.74) is 0.863. The summed E-state index contributed by atoms with van der Waals surface area (Å²) in [6, 6.07) is 0. The standard InChI is InChI=1S/C16H29NO.ClH/c1-14-11-9-7-5-4-6-8-10-12-15(16(14)18)13-17(2)3;/h15H,1,4-13H2,2-3H3;1H. The van der Waals surface area contributed by atoms with Crippen LogP contribution in [0.3, 0.4) is 0 Å². The summed E-state index contributed by atoms with van der Waals surface area (Å²) in [6.45, 7) is 4.89. The van der Waals surface area contributed by atoms with E-state index in [1.165, 1.54) is 38.5 Å². The van der Waals surface area contributed by atoms with Crippen LogP contribution in [0.2, 0.25) is 0 Å². The monoisotopic (exact) mass is 287 g/mol. The molecule has 112 valence electrons. The lowest BCUT2D eigenvalue weighted by Crippen LogP contribution is -2.28. The summed E-state index contributed by atoms with van der Waals surface area (Å²) in [4.78, 5) is 14.5. The number of allylic oxidation sites excluding steroid dienone is 1. The summed E-state index contributed by atoms with van der Waals surface area (Å²) in [5, 5.41) is 0. The van der Waals surface area contributed by atoms with Gasteiger partial charge < -0.3 is 4.90 Å². The van der Waals surface area contributed by atoms with Crippen molar-refractivity contribution in [2.75, 3.05) is 20.6 Å². The summed E-state index contributed by atoms with van der Waals surface area (Å²) in [6.07, 6.45) is 10.8. The van der Waals surface area contributed by atoms with Gasteiger partial charge in [0.25, 0.3) is 0 Å². The van der Waals surface area contributed by atoms with E-state index in [0.29, 0.717) is 5.78 Å². The summed E-state index contributed by atoms with van der Waals surface area (Å²) in [7, 11) is 4.10. The van der Waals surface area contributed by atoms with E-state index in [-0.39, 0.29) is 18.3 Å². The summed E-state index contributed by atoms with van der Waals surface area (Å²) >= 11 is 0. The smallest absolute Gasteiger partial charge is 0.162 e. The topological polar surface area (TPSA) is 20.3 Å². The molecule has 1 saturated carbocycles. The Hall–Kier alpha value is -0.340. The van der Waals surface area contributed by atoms with Crippen molar-refractivity contribution in [3.63, 3.8) is 0 Å². The molecule has 0 spiro atoms. The molecule has 0 bridgehead atoms. The second-order valence-electron chi connectivity index (χ2n) is 5.94. The van der Waals surface area contributed by atoms with E-state index in [1.54, 1.807) is 0 Å². The van der Waals surface area contributed by atoms with Crippen molar-refractivity contribution >= 4 is 18.2 Å². The van der Waals surface area contributed by atoms with Gasteiger partial charge in [0.15, 0.2) is 5.78 Å². The van der Waals surface area contributed by atoms with Crippen molar-refractivity contribution < 1.29 is 4.79 Å². The van der Waals surface area contributed by atoms with Crippen LogP contribution >= 0.6 is 12.4 Å². The molecular formula is C16H30ClNO. The maximum absolute atomic E-state index is 12.4. The molecule has 0 aromatic rings. The first kappa shape index (κ1) is 18.7. The normalized spacial score (nSPS) is 23.4. The fraction of sp³-hybridized carbons (Fsp3) is 0.812. The molecule has 0 N–H and O–H groups in total. The third-order valence-corrected chi connectivity index (χ3v) is 3.84. The Bertz CT molecular complexity index is 276. The maximum atomic E-state index is 12.4. The van der Waals surface area contributed by atoms with E-state index in [2.05, 4.69) is 11.5 Å². The van der Waals surface area contributed by atoms with Gasteiger partial charge in [-0.05, 0) is 38.9 Å². The van der Waals surface area contributed by atoms with Crippen LogP contribution < -0.4 is 0 Å². The average Bonchev–Trinajstić information content (AvgIpc) is 2.32. The van der Waals surface area contributed by atoms with Gasteiger partial charge in [0, 0.05) is 12.5 Å². The Morgan fingerprint density at radius 3 is 2.16 bits per heavy atom. The molecule has 0 heterocycles. The van der Waals surface area contributed by atoms with E-state index < -0.39 is 0 Å². The second-order valence-corrected chi connectivity index (χ2v) is 5.94. The molecule has 2 nitrogen and oxygen atoms in total. The first-order valence-corrected chi connectivity index (χ1v) is 7.48. The Labute approximate surface area is 125 Å². The summed E-state index contributed by atoms with van der Waals surface area (Å²) in [5.74, 6) is 0.496. The van der Waals surface area contributed by atoms with Crippen LogP contribution in [0.25, 0.3) is 0 Å². The molecule has 19 heavy (non-hydrogen) atoms. The van der Waals surface area contributed by atoms with Crippen molar-refractivity contribution in [2.45, 2.75) is 57.8 Å². The van der Waals surface area contributed by atoms with Crippen LogP contribution in [0.15, 0.2) is 12.2 Å². The fourth-order valence-electron chi connectivity index (χ4n) is 2.77. The van der Waals surface area contributed by atoms with Crippen LogP contribution in [0.5, 0.6) is 0 Å². The lowest BCUT2D eigenvalue weighted by molar-refractivity contribution is -0.120. The Balaban J connectivity index is 0.00000324. The second kappa shape index (κ2) is 10.4. The SMILES string of the molecule is C=C1CCCCCCCCCC(CN(C)C)C1=O.Cl. The molecule has 1 aliphatic rings. The van der Waals surface area contributed by atoms with Gasteiger partial charge in [0.1, 0.15) is 0 Å². The number of Topliss-reactive ketones (excluding diaryl/α,β-unsaturated/α-hetero) is 1. The molecule has 0 aromatic carbocycles. The molecule has 0 amide bonds. The minimum atomic E-state index is 0. The number of rotatable bonds is 2. The van der Waals surface area contributed by atoms with Gasteiger partial charge >= 0.3 is 0 Å². The minimum absolute atomic E-state index is 0. The quantitative estimate of drug-likeness (QED) is 0.708. The number of hydrogen-bond donors (Lipinski definition) is 0. The minimum Gasteiger partial charge on any atom is -0.309 e. The van der Waals surface area contributed by atoms with E-state index in [1.807, 2.05) is 14.1 Å². The molecule has 0 aromatic heterocycles. The number of nitrogens with zero attached hydrogens (tertiary/aromatic N) is 1. The maximum Gasteiger partial charge on any atom is 0.162 e. The van der Waals surface area contributed by atoms with E-state index in [4.69, 9.17) is 0 Å². The number of halogens is 1. The van der Waals surface area contributed by atoms with E-state index in [9.17, 15) is 4.79 Å². The molecular weight excluding hydrogens is 258 g/mol. The molecule has 0 aliphatic heterocycles. The highest BCUT2D eigenvalue weighted by atomic mass is 35.5. The van der Waals surface area contributed by atoms with Crippen molar-refractivity contribution in [2.24, 2.45) is 5.92 Å². The average molecular weight is 288 g/mol. The molecule has 3 heteroatoms. The van der Waals surface area contributed by atoms with Crippen LogP contribution in [-0.4, -0.2) is 31.3 Å². The van der Waals surface area contributed by atoms with Gasteiger partial charge in [0.05, 0.1) is 0 Å². The zero-order valence-electron chi connectivity index (χ0n) is 12.6. The molecule has 1 rings (SSSR count). The third kappa shape index (κ3) is 7.74. The zero-order valence-corrected chi connectivity index (χ0v) is 13.4. The van der Waals surface area contributed by atoms with E-state index in [0.717, 1.165) is 31.4 Å². The van der Waals surface area contributed by atoms with Crippen molar-refractivity contribution in [1.29, 1.82) is 0 Å². The third-order valence-electron chi connectivity index (χ3n) is 3.84. The first-order valence-electron chi connectivity index (χ1n) is 7.48. The Morgan fingerprint density at radius 2 is 1.58 bits per heavy atom. The molecule has 1 unspecified atom stereocenters. The molecule has 1 aliphatic carbocycles. The Kier molecular flexibility index (Phi) is 10.3. The van der Waals surface area contributed by atoms with Gasteiger partial charge in [-0.15, -0.1) is 12.4 Å². The summed E-state index contributed by atoms with van der Waals surface area (Å²) < 4.78 is 0. The number of hydrogen-bond acceptors (Lipinski definition) is 2. The van der Waals surface area contributed by atoms with Gasteiger partial charge in [-0.25, -0.2) is 0 Å². The predicted molar refractivity (Wildman–Crippen MR) is 85.0 cm³/mol. The van der Waals surface area contributed by atoms with Crippen molar-refractivity contribution in [3.05, 3.63) is 12.2 Å². The first-order chi connectivity index (χ1) is 8.61. The largest absolute Gasteiger partial charge is 0.309 e. The van der Waals surface area contributed by atoms with Crippen LogP contribution in [-0.2, 0) is 4.79 Å². The number of carbonyl (C=O) groups is 1. The van der Waals surface area contributed by atoms with Crippen LogP contribution in [0.4, 0.5) is 0 Å². The van der Waals surface area contributed by atoms with E-state index >= 15 is 0 Å². The van der Waals surface area contributed by atoms with Gasteiger partial charge in [-0.1, -0.05) is 45.1 Å². The molecule has 0 saturated heterocycles. The van der Waals surface area contributed by atoms with Crippen molar-refractivity contribution in [1.82, 2.24) is 4.90 Å². The molecule has 1 atom stereocenters. The number of carbonyl (C=O) groups excluding carboxylic acids is 1. The lowest BCUT2D eigenvalue weighted by Gasteiger charge is -2.21. The zero-order chi connectivity index (χ0) is 13.4. The van der Waals surface area contributed by atoms with Gasteiger partial charge in [-0.2, -0.15) is 0 Å². The fourth-order valence-corrected chi connectivity index (χ4v) is 2.77.